The fraction of sp³-hybridized carbons (Fsp3) is 0.933. The number of azide groups is 1. The second-order valence-corrected chi connectivity index (χ2v) is 7.29. The van der Waals surface area contributed by atoms with E-state index in [2.05, 4.69) is 10.0 Å². The van der Waals surface area contributed by atoms with Crippen molar-refractivity contribution in [2.45, 2.75) is 76.0 Å². The highest BCUT2D eigenvalue weighted by Gasteiger charge is 2.50. The minimum absolute atomic E-state index is 0.111. The van der Waals surface area contributed by atoms with Crippen LogP contribution in [0.1, 0.15) is 20.8 Å². The third kappa shape index (κ3) is 5.54. The van der Waals surface area contributed by atoms with Crippen molar-refractivity contribution in [3.05, 3.63) is 10.4 Å². The Bertz CT molecular complexity index is 635. The summed E-state index contributed by atoms with van der Waals surface area (Å²) in [5, 5.41) is 41.7. The molecule has 14 heteroatoms. The molecule has 0 aliphatic carbocycles. The topological polar surface area (TPSA) is 179 Å². The van der Waals surface area contributed by atoms with Gasteiger partial charge >= 0.3 is 0 Å². The van der Waals surface area contributed by atoms with Crippen molar-refractivity contribution in [2.24, 2.45) is 11.0 Å². The molecule has 0 spiro atoms. The lowest BCUT2D eigenvalue weighted by atomic mass is 9.90. The van der Waals surface area contributed by atoms with E-state index in [1.807, 2.05) is 0 Å². The van der Waals surface area contributed by atoms with Gasteiger partial charge in [0.2, 0.25) is 13.4 Å². The normalized spacial score (nSPS) is 43.0. The van der Waals surface area contributed by atoms with Crippen molar-refractivity contribution in [1.29, 1.82) is 6.74 Å². The van der Waals surface area contributed by atoms with Crippen molar-refractivity contribution in [1.82, 2.24) is 0 Å². The van der Waals surface area contributed by atoms with Crippen LogP contribution in [0.5, 0.6) is 0 Å². The summed E-state index contributed by atoms with van der Waals surface area (Å²) >= 11 is 0.631. The molecule has 2 fully saturated rings. The molecule has 0 amide bonds. The van der Waals surface area contributed by atoms with Crippen LogP contribution in [-0.4, -0.2) is 91.5 Å². The van der Waals surface area contributed by atoms with Crippen LogP contribution in [0.2, 0.25) is 0 Å². The molecule has 1 radical (unpaired) electrons. The number of nitrogens with zero attached hydrogens (tertiary/aromatic N) is 3. The first-order valence-corrected chi connectivity index (χ1v) is 9.77. The summed E-state index contributed by atoms with van der Waals surface area (Å²) in [5.74, 6) is -0.639. The zero-order valence-electron chi connectivity index (χ0n) is 17.2. The molecule has 10 atom stereocenters. The Kier molecular flexibility index (Phi) is 8.41. The summed E-state index contributed by atoms with van der Waals surface area (Å²) in [4.78, 5) is 2.73. The lowest BCUT2D eigenvalue weighted by Gasteiger charge is -2.46. The van der Waals surface area contributed by atoms with Crippen LogP contribution in [-0.2, 0) is 23.1 Å². The van der Waals surface area contributed by atoms with Gasteiger partial charge in [-0.15, -0.1) is 0 Å². The van der Waals surface area contributed by atoms with Crippen molar-refractivity contribution in [2.75, 3.05) is 6.61 Å². The summed E-state index contributed by atoms with van der Waals surface area (Å²) < 4.78 is 34.8. The zero-order chi connectivity index (χ0) is 22.4. The van der Waals surface area contributed by atoms with Gasteiger partial charge in [0.1, 0.15) is 24.4 Å². The third-order valence-corrected chi connectivity index (χ3v) is 5.24. The number of ether oxygens (including phenoxy) is 4. The molecule has 2 saturated heterocycles. The quantitative estimate of drug-likeness (QED) is 0.0759. The summed E-state index contributed by atoms with van der Waals surface area (Å²) in [6, 6.07) is -1.22. The van der Waals surface area contributed by atoms with Gasteiger partial charge < -0.3 is 38.5 Å². The van der Waals surface area contributed by atoms with Crippen LogP contribution in [0.25, 0.3) is 10.4 Å². The molecule has 2 aliphatic rings. The van der Waals surface area contributed by atoms with Crippen LogP contribution >= 0.6 is 11.9 Å². The lowest BCUT2D eigenvalue weighted by Crippen LogP contribution is -2.62. The molecule has 163 valence electrons. The average Bonchev–Trinajstić information content (AvgIpc) is 2.70. The van der Waals surface area contributed by atoms with E-state index in [1.165, 1.54) is 6.92 Å². The van der Waals surface area contributed by atoms with E-state index < -0.39 is 67.8 Å². The molecule has 29 heavy (non-hydrogen) atoms. The van der Waals surface area contributed by atoms with Gasteiger partial charge in [-0.25, -0.2) is 0 Å². The van der Waals surface area contributed by atoms with Crippen molar-refractivity contribution >= 4 is 24.9 Å². The first kappa shape index (κ1) is 22.6. The maximum atomic E-state index is 10.6. The summed E-state index contributed by atoms with van der Waals surface area (Å²) in [6.45, 7) is 4.27. The highest BCUT2D eigenvalue weighted by molar-refractivity contribution is 8.15. The number of nitrogens with one attached hydrogen (secondary N) is 1. The van der Waals surface area contributed by atoms with Gasteiger partial charge in [-0.1, -0.05) is 23.9 Å². The maximum Gasteiger partial charge on any atom is 0.228 e. The van der Waals surface area contributed by atoms with E-state index in [0.29, 0.717) is 11.9 Å². The van der Waals surface area contributed by atoms with Gasteiger partial charge in [0, 0.05) is 17.8 Å². The number of rotatable bonds is 8. The fourth-order valence-corrected chi connectivity index (χ4v) is 3.80. The molecule has 0 bridgehead atoms. The Hall–Kier alpha value is -1.09. The predicted octanol–water partition coefficient (Wildman–Crippen LogP) is -0.267. The van der Waals surface area contributed by atoms with Crippen molar-refractivity contribution in [3.8, 4) is 0 Å². The van der Waals surface area contributed by atoms with Gasteiger partial charge in [-0.05, 0) is 13.8 Å². The van der Waals surface area contributed by atoms with E-state index in [9.17, 15) is 15.3 Å². The third-order valence-electron chi connectivity index (χ3n) is 4.90. The highest BCUT2D eigenvalue weighted by Crippen LogP contribution is 2.34. The number of aliphatic hydroxyl groups excluding tert-OH is 3. The second kappa shape index (κ2) is 10.8. The van der Waals surface area contributed by atoms with Gasteiger partial charge in [0.05, 0.1) is 24.9 Å². The first-order valence-electron chi connectivity index (χ1n) is 9.54. The zero-order valence-corrected chi connectivity index (χ0v) is 17.0. The molecule has 0 aromatic heterocycles. The Labute approximate surface area is 174 Å². The van der Waals surface area contributed by atoms with Crippen molar-refractivity contribution in [3.63, 3.8) is 0 Å². The standard InChI is InChI=1S/C15H26BN4O8S/c1-5-10(22)15(25-7(3)17)24-6(2)12(5)27-14-9(19-20-18)11(23)13(28-29-16)8(4-21)26-14/h5-6,8-17,21-23H,4H2,1-3H3/t5-,6?,8?,9?,10?,11-,12-,13+,14+,15+/m1/s1/i16T. The number of aliphatic hydroxyl groups is 3. The fourth-order valence-electron chi connectivity index (χ4n) is 3.43. The van der Waals surface area contributed by atoms with Gasteiger partial charge in [0.25, 0.3) is 0 Å². The van der Waals surface area contributed by atoms with E-state index in [1.54, 1.807) is 13.8 Å². The summed E-state index contributed by atoms with van der Waals surface area (Å²) in [5.41, 5.74) is 8.91. The maximum absolute atomic E-state index is 10.6. The van der Waals surface area contributed by atoms with Crippen LogP contribution in [0, 0.1) is 11.3 Å². The van der Waals surface area contributed by atoms with E-state index in [-0.39, 0.29) is 5.90 Å². The molecule has 12 nitrogen and oxygen atoms in total. The van der Waals surface area contributed by atoms with E-state index in [4.69, 9.17) is 35.4 Å². The summed E-state index contributed by atoms with van der Waals surface area (Å²) in [7, 11) is 0.894. The minimum atomic E-state index is -1.39. The molecule has 0 saturated carbocycles. The average molecular weight is 435 g/mol. The molecule has 0 aromatic carbocycles. The Morgan fingerprint density at radius 2 is 2.03 bits per heavy atom. The highest BCUT2D eigenvalue weighted by atomic mass is 32.2. The van der Waals surface area contributed by atoms with Gasteiger partial charge in [0.15, 0.2) is 12.2 Å². The lowest BCUT2D eigenvalue weighted by molar-refractivity contribution is -0.321. The Morgan fingerprint density at radius 1 is 1.31 bits per heavy atom. The summed E-state index contributed by atoms with van der Waals surface area (Å²) in [6.07, 6.45) is -8.24. The molecule has 4 unspecified atom stereocenters. The largest absolute Gasteiger partial charge is 0.450 e. The molecular formula is C15H26BN4O8S. The van der Waals surface area contributed by atoms with Crippen LogP contribution < -0.4 is 0 Å². The molecule has 4 N–H and O–H groups in total. The van der Waals surface area contributed by atoms with Crippen LogP contribution in [0.4, 0.5) is 0 Å². The number of hydrogen-bond acceptors (Lipinski definition) is 11. The predicted molar refractivity (Wildman–Crippen MR) is 103 cm³/mol. The molecule has 2 rings (SSSR count). The smallest absolute Gasteiger partial charge is 0.228 e. The van der Waals surface area contributed by atoms with Gasteiger partial charge in [-0.3, -0.25) is 5.41 Å². The number of hydrogen-bond donors (Lipinski definition) is 4. The minimum Gasteiger partial charge on any atom is -0.450 e. The first-order chi connectivity index (χ1) is 14.2. The monoisotopic (exact) mass is 435 g/mol. The Balaban J connectivity index is 2.18. The van der Waals surface area contributed by atoms with E-state index >= 15 is 0 Å². The van der Waals surface area contributed by atoms with Gasteiger partial charge in [-0.2, -0.15) is 0 Å². The van der Waals surface area contributed by atoms with E-state index in [0.717, 1.165) is 7.09 Å². The van der Waals surface area contributed by atoms with Crippen molar-refractivity contribution < 1.29 is 38.5 Å². The molecule has 2 heterocycles. The second-order valence-electron chi connectivity index (χ2n) is 6.90. The molecule has 2 aliphatic heterocycles. The molecule has 0 aromatic rings. The van der Waals surface area contributed by atoms with Crippen LogP contribution in [0.15, 0.2) is 5.11 Å². The Morgan fingerprint density at radius 3 is 2.62 bits per heavy atom. The van der Waals surface area contributed by atoms with Crippen LogP contribution in [0.3, 0.4) is 0 Å². The SMILES string of the molecule is [3H][B]SO[C@H]1C(CO)O[C@@H](O[C@H]2C(C)O[C@@H](OC(C)=N)C(O)[C@H]2C)C(N=[N+]=[N-])[C@H]1O. The molecular weight excluding hydrogens is 407 g/mol.